The highest BCUT2D eigenvalue weighted by Gasteiger charge is 2.09. The van der Waals surface area contributed by atoms with Crippen LogP contribution in [0.15, 0.2) is 46.9 Å². The Kier molecular flexibility index (Phi) is 3.16. The van der Waals surface area contributed by atoms with E-state index in [1.54, 1.807) is 7.11 Å². The molecule has 0 unspecified atom stereocenters. The lowest BCUT2D eigenvalue weighted by atomic mass is 10.2. The summed E-state index contributed by atoms with van der Waals surface area (Å²) < 4.78 is 8.90. The molecule has 0 aliphatic heterocycles. The molecule has 3 rings (SSSR count). The van der Waals surface area contributed by atoms with Crippen LogP contribution < -0.4 is 4.74 Å². The van der Waals surface area contributed by atoms with Gasteiger partial charge in [-0.3, -0.25) is 4.57 Å². The van der Waals surface area contributed by atoms with Gasteiger partial charge in [0.25, 0.3) is 0 Å². The van der Waals surface area contributed by atoms with Crippen molar-refractivity contribution in [3.8, 4) is 11.4 Å². The summed E-state index contributed by atoms with van der Waals surface area (Å²) in [5, 5.41) is 0. The zero-order valence-corrected chi connectivity index (χ0v) is 12.6. The van der Waals surface area contributed by atoms with Gasteiger partial charge in [-0.2, -0.15) is 0 Å². The van der Waals surface area contributed by atoms with Crippen LogP contribution >= 0.6 is 28.1 Å². The zero-order valence-electron chi connectivity index (χ0n) is 10.2. The van der Waals surface area contributed by atoms with E-state index in [9.17, 15) is 0 Å². The highest BCUT2D eigenvalue weighted by molar-refractivity contribution is 9.10. The van der Waals surface area contributed by atoms with Crippen molar-refractivity contribution in [2.24, 2.45) is 0 Å². The number of aromatic nitrogens is 2. The third-order valence-electron chi connectivity index (χ3n) is 2.98. The minimum atomic E-state index is 0.662. The maximum absolute atomic E-state index is 5.42. The molecule has 0 aliphatic carbocycles. The molecule has 0 atom stereocenters. The van der Waals surface area contributed by atoms with Crippen LogP contribution in [0.5, 0.6) is 5.75 Å². The summed E-state index contributed by atoms with van der Waals surface area (Å²) in [6, 6.07) is 13.9. The first-order chi connectivity index (χ1) is 9.20. The van der Waals surface area contributed by atoms with Crippen LogP contribution in [0.1, 0.15) is 0 Å². The summed E-state index contributed by atoms with van der Waals surface area (Å²) in [7, 11) is 1.65. The van der Waals surface area contributed by atoms with E-state index < -0.39 is 0 Å². The molecule has 1 N–H and O–H groups in total. The Hall–Kier alpha value is -1.59. The molecule has 5 heteroatoms. The number of imidazole rings is 1. The highest BCUT2D eigenvalue weighted by Crippen LogP contribution is 2.27. The van der Waals surface area contributed by atoms with Gasteiger partial charge in [0, 0.05) is 10.5 Å². The first-order valence-corrected chi connectivity index (χ1v) is 6.94. The third kappa shape index (κ3) is 2.09. The fourth-order valence-corrected chi connectivity index (χ4v) is 2.86. The molecule has 1 aromatic heterocycles. The van der Waals surface area contributed by atoms with Crippen molar-refractivity contribution in [3.05, 3.63) is 51.7 Å². The lowest BCUT2D eigenvalue weighted by Crippen LogP contribution is -1.94. The maximum Gasteiger partial charge on any atom is 0.182 e. The first kappa shape index (κ1) is 12.4. The van der Waals surface area contributed by atoms with E-state index in [0.29, 0.717) is 4.77 Å². The average molecular weight is 335 g/mol. The molecular formula is C14H11BrN2OS. The highest BCUT2D eigenvalue weighted by atomic mass is 79.9. The molecule has 0 bridgehead atoms. The molecule has 0 saturated heterocycles. The summed E-state index contributed by atoms with van der Waals surface area (Å²) in [5.74, 6) is 0.808. The van der Waals surface area contributed by atoms with Crippen LogP contribution in [0.25, 0.3) is 16.7 Å². The number of benzene rings is 2. The smallest absolute Gasteiger partial charge is 0.182 e. The number of fused-ring (bicyclic) bond motifs is 1. The van der Waals surface area contributed by atoms with Gasteiger partial charge in [-0.05, 0) is 52.4 Å². The number of nitrogens with zero attached hydrogens (tertiary/aromatic N) is 1. The Morgan fingerprint density at radius 1 is 1.21 bits per heavy atom. The largest absolute Gasteiger partial charge is 0.497 e. The second-order valence-electron chi connectivity index (χ2n) is 4.10. The van der Waals surface area contributed by atoms with E-state index in [-0.39, 0.29) is 0 Å². The lowest BCUT2D eigenvalue weighted by Gasteiger charge is -2.07. The number of H-pyrrole nitrogens is 1. The molecule has 0 spiro atoms. The molecule has 0 saturated carbocycles. The number of hydrogen-bond donors (Lipinski definition) is 1. The van der Waals surface area contributed by atoms with Crippen LogP contribution in [-0.2, 0) is 0 Å². The van der Waals surface area contributed by atoms with E-state index in [1.807, 2.05) is 47.0 Å². The first-order valence-electron chi connectivity index (χ1n) is 5.74. The number of hydrogen-bond acceptors (Lipinski definition) is 2. The number of aromatic amines is 1. The van der Waals surface area contributed by atoms with Gasteiger partial charge in [0.15, 0.2) is 4.77 Å². The van der Waals surface area contributed by atoms with Crippen molar-refractivity contribution in [2.45, 2.75) is 0 Å². The van der Waals surface area contributed by atoms with E-state index in [0.717, 1.165) is 26.9 Å². The van der Waals surface area contributed by atoms with Crippen LogP contribution in [0.3, 0.4) is 0 Å². The SMILES string of the molecule is COc1ccc2c(c1)[nH]c(=S)n2-c1ccccc1Br. The Balaban J connectivity index is 2.33. The van der Waals surface area contributed by atoms with E-state index >= 15 is 0 Å². The fourth-order valence-electron chi connectivity index (χ4n) is 2.09. The minimum Gasteiger partial charge on any atom is -0.497 e. The van der Waals surface area contributed by atoms with Crippen LogP contribution in [0.4, 0.5) is 0 Å². The van der Waals surface area contributed by atoms with Crippen molar-refractivity contribution >= 4 is 39.2 Å². The quantitative estimate of drug-likeness (QED) is 0.701. The fraction of sp³-hybridized carbons (Fsp3) is 0.0714. The average Bonchev–Trinajstić information content (AvgIpc) is 2.74. The van der Waals surface area contributed by atoms with Gasteiger partial charge >= 0.3 is 0 Å². The molecule has 0 aliphatic rings. The van der Waals surface area contributed by atoms with Crippen molar-refractivity contribution in [2.75, 3.05) is 7.11 Å². The molecule has 3 nitrogen and oxygen atoms in total. The van der Waals surface area contributed by atoms with Gasteiger partial charge < -0.3 is 9.72 Å². The number of rotatable bonds is 2. The summed E-state index contributed by atoms with van der Waals surface area (Å²) in [6.07, 6.45) is 0. The molecule has 0 radical (unpaired) electrons. The predicted octanol–water partition coefficient (Wildman–Crippen LogP) is 4.46. The number of ether oxygens (including phenoxy) is 1. The molecule has 19 heavy (non-hydrogen) atoms. The number of halogens is 1. The molecule has 2 aromatic carbocycles. The summed E-state index contributed by atoms with van der Waals surface area (Å²) in [5.41, 5.74) is 3.00. The molecular weight excluding hydrogens is 324 g/mol. The summed E-state index contributed by atoms with van der Waals surface area (Å²) in [6.45, 7) is 0. The Labute approximate surface area is 124 Å². The van der Waals surface area contributed by atoms with E-state index in [4.69, 9.17) is 17.0 Å². The number of nitrogens with one attached hydrogen (secondary N) is 1. The molecule has 0 fully saturated rings. The minimum absolute atomic E-state index is 0.662. The Morgan fingerprint density at radius 3 is 2.74 bits per heavy atom. The standard InChI is InChI=1S/C14H11BrN2OS/c1-18-9-6-7-13-11(8-9)16-14(19)17(13)12-5-3-2-4-10(12)15/h2-8H,1H3,(H,16,19). The van der Waals surface area contributed by atoms with Crippen molar-refractivity contribution in [1.82, 2.24) is 9.55 Å². The molecule has 3 aromatic rings. The van der Waals surface area contributed by atoms with E-state index in [2.05, 4.69) is 20.9 Å². The van der Waals surface area contributed by atoms with Gasteiger partial charge in [0.1, 0.15) is 5.75 Å². The number of methoxy groups -OCH3 is 1. The van der Waals surface area contributed by atoms with Crippen molar-refractivity contribution < 1.29 is 4.74 Å². The summed E-state index contributed by atoms with van der Waals surface area (Å²) in [4.78, 5) is 3.20. The van der Waals surface area contributed by atoms with E-state index in [1.165, 1.54) is 0 Å². The Bertz CT molecular complexity index is 807. The topological polar surface area (TPSA) is 29.9 Å². The van der Waals surface area contributed by atoms with Crippen LogP contribution in [0.2, 0.25) is 0 Å². The van der Waals surface area contributed by atoms with Crippen LogP contribution in [0, 0.1) is 4.77 Å². The van der Waals surface area contributed by atoms with Gasteiger partial charge in [-0.25, -0.2) is 0 Å². The van der Waals surface area contributed by atoms with Gasteiger partial charge in [0.05, 0.1) is 23.8 Å². The van der Waals surface area contributed by atoms with Crippen molar-refractivity contribution in [1.29, 1.82) is 0 Å². The second kappa shape index (κ2) is 4.83. The monoisotopic (exact) mass is 334 g/mol. The lowest BCUT2D eigenvalue weighted by molar-refractivity contribution is 0.415. The van der Waals surface area contributed by atoms with Gasteiger partial charge in [-0.15, -0.1) is 0 Å². The van der Waals surface area contributed by atoms with Gasteiger partial charge in [-0.1, -0.05) is 12.1 Å². The zero-order chi connectivity index (χ0) is 13.4. The Morgan fingerprint density at radius 2 is 2.00 bits per heavy atom. The predicted molar refractivity (Wildman–Crippen MR) is 82.7 cm³/mol. The van der Waals surface area contributed by atoms with Crippen LogP contribution in [-0.4, -0.2) is 16.7 Å². The molecule has 1 heterocycles. The van der Waals surface area contributed by atoms with Gasteiger partial charge in [0.2, 0.25) is 0 Å². The second-order valence-corrected chi connectivity index (χ2v) is 5.34. The normalized spacial score (nSPS) is 10.8. The molecule has 96 valence electrons. The maximum atomic E-state index is 5.42. The third-order valence-corrected chi connectivity index (χ3v) is 3.94. The number of para-hydroxylation sites is 1. The summed E-state index contributed by atoms with van der Waals surface area (Å²) >= 11 is 8.98. The molecule has 0 amide bonds. The van der Waals surface area contributed by atoms with Crippen molar-refractivity contribution in [3.63, 3.8) is 0 Å².